The van der Waals surface area contributed by atoms with Crippen molar-refractivity contribution in [3.63, 3.8) is 0 Å². The first-order valence-corrected chi connectivity index (χ1v) is 8.34. The molecular formula is C19H21ClN2O3. The van der Waals surface area contributed by atoms with Gasteiger partial charge in [0.1, 0.15) is 5.75 Å². The number of amides is 2. The van der Waals surface area contributed by atoms with E-state index < -0.39 is 0 Å². The van der Waals surface area contributed by atoms with Gasteiger partial charge in [-0.25, -0.2) is 0 Å². The van der Waals surface area contributed by atoms with E-state index in [-0.39, 0.29) is 17.9 Å². The van der Waals surface area contributed by atoms with E-state index in [1.54, 1.807) is 42.5 Å². The number of hydrogen-bond donors (Lipinski definition) is 2. The molecule has 2 amide bonds. The highest BCUT2D eigenvalue weighted by molar-refractivity contribution is 6.32. The molecule has 0 aliphatic rings. The molecule has 0 fully saturated rings. The Hall–Kier alpha value is -2.53. The Balaban J connectivity index is 2.01. The lowest BCUT2D eigenvalue weighted by atomic mass is 10.1. The minimum atomic E-state index is -0.236. The van der Waals surface area contributed by atoms with Gasteiger partial charge in [-0.05, 0) is 49.7 Å². The molecular weight excluding hydrogens is 340 g/mol. The van der Waals surface area contributed by atoms with Gasteiger partial charge in [-0.1, -0.05) is 23.7 Å². The highest BCUT2D eigenvalue weighted by Gasteiger charge is 2.09. The molecule has 0 unspecified atom stereocenters. The van der Waals surface area contributed by atoms with Crippen LogP contribution in [0.5, 0.6) is 5.75 Å². The van der Waals surface area contributed by atoms with Gasteiger partial charge in [0, 0.05) is 24.7 Å². The molecule has 0 saturated carbocycles. The fraction of sp³-hybridized carbons (Fsp3) is 0.263. The number of carbonyl (C=O) groups excluding carboxylic acids is 2. The van der Waals surface area contributed by atoms with E-state index in [1.807, 2.05) is 13.8 Å². The molecule has 0 saturated heterocycles. The summed E-state index contributed by atoms with van der Waals surface area (Å²) >= 11 is 6.17. The Morgan fingerprint density at radius 1 is 1.12 bits per heavy atom. The number of ether oxygens (including phenoxy) is 1. The molecule has 5 nitrogen and oxygen atoms in total. The van der Waals surface area contributed by atoms with E-state index in [0.717, 1.165) is 5.56 Å². The van der Waals surface area contributed by atoms with Crippen LogP contribution < -0.4 is 15.4 Å². The van der Waals surface area contributed by atoms with E-state index in [0.29, 0.717) is 28.6 Å². The summed E-state index contributed by atoms with van der Waals surface area (Å²) in [6.45, 7) is 5.73. The number of rotatable bonds is 6. The smallest absolute Gasteiger partial charge is 0.255 e. The molecule has 6 heteroatoms. The predicted octanol–water partition coefficient (Wildman–Crippen LogP) is 4.02. The van der Waals surface area contributed by atoms with Crippen molar-refractivity contribution in [1.82, 2.24) is 5.32 Å². The average Bonchev–Trinajstić information content (AvgIpc) is 2.55. The number of anilines is 1. The van der Waals surface area contributed by atoms with Crippen LogP contribution in [0.4, 0.5) is 5.69 Å². The molecule has 0 aliphatic carbocycles. The summed E-state index contributed by atoms with van der Waals surface area (Å²) in [5.74, 6) is 0.250. The van der Waals surface area contributed by atoms with Crippen molar-refractivity contribution in [2.24, 2.45) is 0 Å². The molecule has 2 N–H and O–H groups in total. The molecule has 132 valence electrons. The number of carbonyl (C=O) groups is 2. The third kappa shape index (κ3) is 5.80. The SMILES string of the molecule is CC(=O)NCc1ccc(C(=O)Nc2ccc(OC(C)C)c(Cl)c2)cc1. The van der Waals surface area contributed by atoms with Crippen LogP contribution in [-0.4, -0.2) is 17.9 Å². The lowest BCUT2D eigenvalue weighted by molar-refractivity contribution is -0.119. The summed E-state index contributed by atoms with van der Waals surface area (Å²) in [5.41, 5.74) is 2.03. The highest BCUT2D eigenvalue weighted by atomic mass is 35.5. The summed E-state index contributed by atoms with van der Waals surface area (Å²) in [7, 11) is 0. The summed E-state index contributed by atoms with van der Waals surface area (Å²) in [4.78, 5) is 23.2. The normalized spacial score (nSPS) is 10.4. The third-order valence-corrected chi connectivity index (χ3v) is 3.61. The van der Waals surface area contributed by atoms with Gasteiger partial charge in [-0.15, -0.1) is 0 Å². The van der Waals surface area contributed by atoms with Gasteiger partial charge in [0.25, 0.3) is 5.91 Å². The first-order chi connectivity index (χ1) is 11.8. The highest BCUT2D eigenvalue weighted by Crippen LogP contribution is 2.28. The minimum Gasteiger partial charge on any atom is -0.489 e. The number of nitrogens with one attached hydrogen (secondary N) is 2. The molecule has 2 aromatic rings. The van der Waals surface area contributed by atoms with Crippen molar-refractivity contribution < 1.29 is 14.3 Å². The second kappa shape index (κ2) is 8.53. The van der Waals surface area contributed by atoms with Gasteiger partial charge in [0.05, 0.1) is 11.1 Å². The van der Waals surface area contributed by atoms with Crippen molar-refractivity contribution in [1.29, 1.82) is 0 Å². The van der Waals surface area contributed by atoms with Crippen LogP contribution in [-0.2, 0) is 11.3 Å². The van der Waals surface area contributed by atoms with E-state index in [2.05, 4.69) is 10.6 Å². The van der Waals surface area contributed by atoms with E-state index >= 15 is 0 Å². The maximum Gasteiger partial charge on any atom is 0.255 e. The topological polar surface area (TPSA) is 67.4 Å². The van der Waals surface area contributed by atoms with Crippen molar-refractivity contribution in [2.75, 3.05) is 5.32 Å². The zero-order valence-corrected chi connectivity index (χ0v) is 15.2. The Bertz CT molecular complexity index is 758. The summed E-state index contributed by atoms with van der Waals surface area (Å²) in [6.07, 6.45) is 0.0222. The van der Waals surface area contributed by atoms with Gasteiger partial charge >= 0.3 is 0 Å². The largest absolute Gasteiger partial charge is 0.489 e. The minimum absolute atomic E-state index is 0.0222. The Labute approximate surface area is 152 Å². The Kier molecular flexibility index (Phi) is 6.42. The van der Waals surface area contributed by atoms with Gasteiger partial charge in [-0.2, -0.15) is 0 Å². The van der Waals surface area contributed by atoms with Crippen molar-refractivity contribution in [3.8, 4) is 5.75 Å². The van der Waals surface area contributed by atoms with Crippen LogP contribution in [0, 0.1) is 0 Å². The quantitative estimate of drug-likeness (QED) is 0.817. The number of hydrogen-bond acceptors (Lipinski definition) is 3. The predicted molar refractivity (Wildman–Crippen MR) is 99.1 cm³/mol. The molecule has 25 heavy (non-hydrogen) atoms. The fourth-order valence-corrected chi connectivity index (χ4v) is 2.36. The van der Waals surface area contributed by atoms with Gasteiger partial charge in [0.2, 0.25) is 5.91 Å². The Morgan fingerprint density at radius 3 is 2.36 bits per heavy atom. The zero-order chi connectivity index (χ0) is 18.4. The van der Waals surface area contributed by atoms with Gasteiger partial charge in [-0.3, -0.25) is 9.59 Å². The Morgan fingerprint density at radius 2 is 1.80 bits per heavy atom. The van der Waals surface area contributed by atoms with E-state index in [9.17, 15) is 9.59 Å². The van der Waals surface area contributed by atoms with Crippen molar-refractivity contribution in [3.05, 3.63) is 58.6 Å². The summed E-state index contributed by atoms with van der Waals surface area (Å²) in [6, 6.07) is 12.2. The molecule has 2 rings (SSSR count). The maximum atomic E-state index is 12.3. The maximum absolute atomic E-state index is 12.3. The van der Waals surface area contributed by atoms with Crippen LogP contribution in [0.15, 0.2) is 42.5 Å². The molecule has 0 aliphatic heterocycles. The monoisotopic (exact) mass is 360 g/mol. The van der Waals surface area contributed by atoms with Crippen LogP contribution in [0.2, 0.25) is 5.02 Å². The van der Waals surface area contributed by atoms with Gasteiger partial charge < -0.3 is 15.4 Å². The second-order valence-electron chi connectivity index (χ2n) is 5.87. The first kappa shape index (κ1) is 18.8. The molecule has 0 heterocycles. The van der Waals surface area contributed by atoms with Crippen molar-refractivity contribution >= 4 is 29.1 Å². The molecule has 0 bridgehead atoms. The fourth-order valence-electron chi connectivity index (χ4n) is 2.13. The van der Waals surface area contributed by atoms with E-state index in [4.69, 9.17) is 16.3 Å². The van der Waals surface area contributed by atoms with Crippen LogP contribution >= 0.6 is 11.6 Å². The van der Waals surface area contributed by atoms with E-state index in [1.165, 1.54) is 6.92 Å². The molecule has 0 atom stereocenters. The first-order valence-electron chi connectivity index (χ1n) is 7.96. The summed E-state index contributed by atoms with van der Waals surface area (Å²) in [5, 5.41) is 5.95. The average molecular weight is 361 g/mol. The van der Waals surface area contributed by atoms with Crippen LogP contribution in [0.1, 0.15) is 36.7 Å². The molecule has 0 spiro atoms. The lowest BCUT2D eigenvalue weighted by Crippen LogP contribution is -2.19. The number of halogens is 1. The lowest BCUT2D eigenvalue weighted by Gasteiger charge is -2.13. The third-order valence-electron chi connectivity index (χ3n) is 3.31. The van der Waals surface area contributed by atoms with Crippen molar-refractivity contribution in [2.45, 2.75) is 33.4 Å². The summed E-state index contributed by atoms with van der Waals surface area (Å²) < 4.78 is 5.57. The second-order valence-corrected chi connectivity index (χ2v) is 6.28. The van der Waals surface area contributed by atoms with Crippen LogP contribution in [0.25, 0.3) is 0 Å². The van der Waals surface area contributed by atoms with Gasteiger partial charge in [0.15, 0.2) is 0 Å². The number of benzene rings is 2. The standard InChI is InChI=1S/C19H21ClN2O3/c1-12(2)25-18-9-8-16(10-17(18)20)22-19(24)15-6-4-14(5-7-15)11-21-13(3)23/h4-10,12H,11H2,1-3H3,(H,21,23)(H,22,24). The van der Waals surface area contributed by atoms with Crippen LogP contribution in [0.3, 0.4) is 0 Å². The molecule has 0 aromatic heterocycles. The zero-order valence-electron chi connectivity index (χ0n) is 14.4. The molecule has 2 aromatic carbocycles. The molecule has 0 radical (unpaired) electrons.